The molecule has 64 valence electrons. The maximum atomic E-state index is 2.22. The van der Waals surface area contributed by atoms with Crippen LogP contribution in [0.25, 0.3) is 0 Å². The Morgan fingerprint density at radius 1 is 1.42 bits per heavy atom. The Hall–Kier alpha value is -0.690. The second-order valence-electron chi connectivity index (χ2n) is 2.70. The van der Waals surface area contributed by atoms with E-state index in [1.807, 2.05) is 11.8 Å². The summed E-state index contributed by atoms with van der Waals surface area (Å²) in [7, 11) is 0. The van der Waals surface area contributed by atoms with Crippen molar-refractivity contribution in [1.82, 2.24) is 0 Å². The molecule has 0 aliphatic rings. The molecule has 0 atom stereocenters. The van der Waals surface area contributed by atoms with Crippen molar-refractivity contribution in [1.29, 1.82) is 0 Å². The summed E-state index contributed by atoms with van der Waals surface area (Å²) in [5.74, 6) is 1.07. The zero-order valence-corrected chi connectivity index (χ0v) is 8.40. The summed E-state index contributed by atoms with van der Waals surface area (Å²) >= 11 is 1.87. The molecule has 0 N–H and O–H groups in total. The highest BCUT2D eigenvalue weighted by atomic mass is 32.2. The van der Waals surface area contributed by atoms with Gasteiger partial charge in [-0.1, -0.05) is 29.8 Å². The lowest BCUT2D eigenvalue weighted by atomic mass is 10.2. The average molecular weight is 178 g/mol. The molecule has 0 aliphatic carbocycles. The van der Waals surface area contributed by atoms with Gasteiger partial charge in [-0.25, -0.2) is 0 Å². The molecule has 1 heteroatoms. The number of hydrogen-bond donors (Lipinski definition) is 0. The Balaban J connectivity index is 2.52. The van der Waals surface area contributed by atoms with Crippen LogP contribution in [0.2, 0.25) is 0 Å². The lowest BCUT2D eigenvalue weighted by Crippen LogP contribution is -1.75. The van der Waals surface area contributed by atoms with E-state index in [1.54, 1.807) is 0 Å². The van der Waals surface area contributed by atoms with E-state index < -0.39 is 0 Å². The van der Waals surface area contributed by atoms with Crippen molar-refractivity contribution >= 4 is 11.8 Å². The summed E-state index contributed by atoms with van der Waals surface area (Å²) in [6.45, 7) is 4.18. The van der Waals surface area contributed by atoms with Crippen molar-refractivity contribution < 1.29 is 0 Å². The molecule has 0 nitrogen and oxygen atoms in total. The number of aryl methyl sites for hydroxylation is 1. The molecule has 0 spiro atoms. The Morgan fingerprint density at radius 2 is 2.25 bits per heavy atom. The van der Waals surface area contributed by atoms with Crippen molar-refractivity contribution in [3.8, 4) is 0 Å². The standard InChI is InChI=1S/C11H14S/c1-3-4-8-12-11-7-5-6-10(2)9-11/h3-7,9H,8H2,1-2H3/b4-3+. The highest BCUT2D eigenvalue weighted by Crippen LogP contribution is 2.18. The maximum Gasteiger partial charge on any atom is 0.0160 e. The minimum absolute atomic E-state index is 1.07. The fourth-order valence-corrected chi connectivity index (χ4v) is 1.87. The van der Waals surface area contributed by atoms with Gasteiger partial charge in [0, 0.05) is 10.6 Å². The van der Waals surface area contributed by atoms with Crippen LogP contribution in [-0.4, -0.2) is 5.75 Å². The molecule has 0 heterocycles. The minimum Gasteiger partial charge on any atom is -0.122 e. The van der Waals surface area contributed by atoms with Gasteiger partial charge in [0.25, 0.3) is 0 Å². The summed E-state index contributed by atoms with van der Waals surface area (Å²) in [5, 5.41) is 0. The third-order valence-electron chi connectivity index (χ3n) is 1.57. The third-order valence-corrected chi connectivity index (χ3v) is 2.52. The Kier molecular flexibility index (Phi) is 3.95. The van der Waals surface area contributed by atoms with Crippen LogP contribution in [0.3, 0.4) is 0 Å². The summed E-state index contributed by atoms with van der Waals surface area (Å²) in [6, 6.07) is 8.60. The molecule has 0 amide bonds. The van der Waals surface area contributed by atoms with E-state index >= 15 is 0 Å². The Bertz CT molecular complexity index is 263. The van der Waals surface area contributed by atoms with Crippen molar-refractivity contribution in [2.75, 3.05) is 5.75 Å². The highest BCUT2D eigenvalue weighted by molar-refractivity contribution is 7.99. The monoisotopic (exact) mass is 178 g/mol. The molecule has 0 bridgehead atoms. The van der Waals surface area contributed by atoms with Crippen LogP contribution in [0.15, 0.2) is 41.3 Å². The molecule has 0 aliphatic heterocycles. The molecule has 0 saturated heterocycles. The second kappa shape index (κ2) is 5.04. The number of rotatable bonds is 3. The van der Waals surface area contributed by atoms with E-state index in [1.165, 1.54) is 10.5 Å². The zero-order valence-electron chi connectivity index (χ0n) is 7.58. The smallest absolute Gasteiger partial charge is 0.0160 e. The molecule has 0 aromatic heterocycles. The van der Waals surface area contributed by atoms with Gasteiger partial charge in [0.15, 0.2) is 0 Å². The summed E-state index contributed by atoms with van der Waals surface area (Å²) in [5.41, 5.74) is 1.33. The van der Waals surface area contributed by atoms with E-state index in [0.29, 0.717) is 0 Å². The second-order valence-corrected chi connectivity index (χ2v) is 3.79. The lowest BCUT2D eigenvalue weighted by Gasteiger charge is -1.98. The highest BCUT2D eigenvalue weighted by Gasteiger charge is 1.90. The largest absolute Gasteiger partial charge is 0.122 e. The van der Waals surface area contributed by atoms with Crippen LogP contribution in [0.4, 0.5) is 0 Å². The van der Waals surface area contributed by atoms with Gasteiger partial charge in [-0.3, -0.25) is 0 Å². The van der Waals surface area contributed by atoms with E-state index in [0.717, 1.165) is 5.75 Å². The predicted octanol–water partition coefficient (Wildman–Crippen LogP) is 3.66. The molecule has 1 rings (SSSR count). The van der Waals surface area contributed by atoms with Crippen molar-refractivity contribution in [2.24, 2.45) is 0 Å². The summed E-state index contributed by atoms with van der Waals surface area (Å²) < 4.78 is 0. The quantitative estimate of drug-likeness (QED) is 0.503. The van der Waals surface area contributed by atoms with Crippen molar-refractivity contribution in [3.63, 3.8) is 0 Å². The Labute approximate surface area is 78.7 Å². The van der Waals surface area contributed by atoms with Gasteiger partial charge in [-0.2, -0.15) is 0 Å². The van der Waals surface area contributed by atoms with Gasteiger partial charge in [0.1, 0.15) is 0 Å². The zero-order chi connectivity index (χ0) is 8.81. The van der Waals surface area contributed by atoms with Crippen LogP contribution in [0.1, 0.15) is 12.5 Å². The first-order valence-corrected chi connectivity index (χ1v) is 5.12. The van der Waals surface area contributed by atoms with Crippen LogP contribution < -0.4 is 0 Å². The fraction of sp³-hybridized carbons (Fsp3) is 0.273. The molecule has 0 radical (unpaired) electrons. The average Bonchev–Trinajstić information content (AvgIpc) is 2.05. The predicted molar refractivity (Wildman–Crippen MR) is 56.7 cm³/mol. The fourth-order valence-electron chi connectivity index (χ4n) is 0.946. The maximum absolute atomic E-state index is 2.22. The summed E-state index contributed by atoms with van der Waals surface area (Å²) in [4.78, 5) is 1.35. The first-order valence-electron chi connectivity index (χ1n) is 4.13. The minimum atomic E-state index is 1.07. The molecule has 0 fully saturated rings. The molecule has 0 saturated carbocycles. The number of thioether (sulfide) groups is 1. The molecule has 1 aromatic carbocycles. The summed E-state index contributed by atoms with van der Waals surface area (Å²) in [6.07, 6.45) is 4.26. The van der Waals surface area contributed by atoms with Gasteiger partial charge >= 0.3 is 0 Å². The molecular formula is C11H14S. The third kappa shape index (κ3) is 3.14. The van der Waals surface area contributed by atoms with E-state index in [-0.39, 0.29) is 0 Å². The molecule has 1 aromatic rings. The Morgan fingerprint density at radius 3 is 2.92 bits per heavy atom. The SMILES string of the molecule is C/C=C/CSc1cccc(C)c1. The number of hydrogen-bond acceptors (Lipinski definition) is 1. The topological polar surface area (TPSA) is 0 Å². The van der Waals surface area contributed by atoms with Crippen LogP contribution in [0.5, 0.6) is 0 Å². The van der Waals surface area contributed by atoms with E-state index in [9.17, 15) is 0 Å². The van der Waals surface area contributed by atoms with Crippen molar-refractivity contribution in [2.45, 2.75) is 18.7 Å². The van der Waals surface area contributed by atoms with Gasteiger partial charge < -0.3 is 0 Å². The van der Waals surface area contributed by atoms with Crippen LogP contribution >= 0.6 is 11.8 Å². The first-order chi connectivity index (χ1) is 5.83. The van der Waals surface area contributed by atoms with Crippen LogP contribution in [0, 0.1) is 6.92 Å². The number of allylic oxidation sites excluding steroid dienone is 1. The normalized spacial score (nSPS) is 10.8. The molecular weight excluding hydrogens is 164 g/mol. The van der Waals surface area contributed by atoms with Crippen molar-refractivity contribution in [3.05, 3.63) is 42.0 Å². The van der Waals surface area contributed by atoms with Gasteiger partial charge in [-0.05, 0) is 26.0 Å². The molecule has 12 heavy (non-hydrogen) atoms. The molecule has 0 unspecified atom stereocenters. The van der Waals surface area contributed by atoms with E-state index in [4.69, 9.17) is 0 Å². The van der Waals surface area contributed by atoms with E-state index in [2.05, 4.69) is 50.3 Å². The van der Waals surface area contributed by atoms with Crippen LogP contribution in [-0.2, 0) is 0 Å². The lowest BCUT2D eigenvalue weighted by molar-refractivity contribution is 1.36. The first kappa shape index (κ1) is 9.40. The van der Waals surface area contributed by atoms with Gasteiger partial charge in [0.2, 0.25) is 0 Å². The van der Waals surface area contributed by atoms with Gasteiger partial charge in [0.05, 0.1) is 0 Å². The van der Waals surface area contributed by atoms with Gasteiger partial charge in [-0.15, -0.1) is 11.8 Å². The number of benzene rings is 1.